The Labute approximate surface area is 132 Å². The number of H-pyrrole nitrogens is 1. The number of carbonyl (C=O) groups excluding carboxylic acids is 1. The molecule has 0 aliphatic carbocycles. The molecule has 3 aromatic rings. The number of nitrogens with one attached hydrogen (secondary N) is 2. The molecule has 7 heteroatoms. The number of nitriles is 1. The molecule has 0 bridgehead atoms. The van der Waals surface area contributed by atoms with Crippen molar-refractivity contribution in [2.24, 2.45) is 0 Å². The summed E-state index contributed by atoms with van der Waals surface area (Å²) in [6.07, 6.45) is 1.33. The van der Waals surface area contributed by atoms with Crippen molar-refractivity contribution in [3.05, 3.63) is 59.2 Å². The average Bonchev–Trinajstić information content (AvgIpc) is 3.15. The first kappa shape index (κ1) is 14.5. The topological polar surface area (TPSA) is 99.4 Å². The molecule has 0 fully saturated rings. The van der Waals surface area contributed by atoms with Crippen LogP contribution in [0.2, 0.25) is 0 Å². The first-order valence-corrected chi connectivity index (χ1v) is 6.96. The van der Waals surface area contributed by atoms with Crippen molar-refractivity contribution >= 4 is 11.9 Å². The summed E-state index contributed by atoms with van der Waals surface area (Å²) in [6.45, 7) is 3.80. The van der Waals surface area contributed by atoms with E-state index in [4.69, 9.17) is 5.26 Å². The van der Waals surface area contributed by atoms with Gasteiger partial charge in [-0.2, -0.15) is 15.3 Å². The van der Waals surface area contributed by atoms with Crippen LogP contribution in [0.1, 0.15) is 27.3 Å². The normalized spacial score (nSPS) is 10.3. The molecule has 7 nitrogen and oxygen atoms in total. The number of hydrogen-bond donors (Lipinski definition) is 2. The highest BCUT2D eigenvalue weighted by Crippen LogP contribution is 2.21. The van der Waals surface area contributed by atoms with Gasteiger partial charge in [-0.25, -0.2) is 5.10 Å². The summed E-state index contributed by atoms with van der Waals surface area (Å²) >= 11 is 0. The Kier molecular flexibility index (Phi) is 3.65. The number of nitrogens with zero attached hydrogens (tertiary/aromatic N) is 4. The third-order valence-electron chi connectivity index (χ3n) is 3.58. The van der Waals surface area contributed by atoms with Gasteiger partial charge in [-0.1, -0.05) is 0 Å². The van der Waals surface area contributed by atoms with Gasteiger partial charge in [-0.15, -0.1) is 0 Å². The fourth-order valence-electron chi connectivity index (χ4n) is 2.52. The summed E-state index contributed by atoms with van der Waals surface area (Å²) in [5.74, 6) is 0.0490. The largest absolute Gasteiger partial charge is 0.318 e. The molecular weight excluding hydrogens is 292 g/mol. The minimum absolute atomic E-state index is 0.255. The SMILES string of the molecule is Cc1cc(C(=O)Nc2ncn[nH]2)c(C)n1-c1ccc(C#N)cc1. The maximum atomic E-state index is 12.4. The minimum Gasteiger partial charge on any atom is -0.318 e. The monoisotopic (exact) mass is 306 g/mol. The quantitative estimate of drug-likeness (QED) is 0.775. The number of aryl methyl sites for hydroxylation is 1. The molecule has 2 aromatic heterocycles. The number of benzene rings is 1. The van der Waals surface area contributed by atoms with Crippen molar-refractivity contribution in [3.8, 4) is 11.8 Å². The number of amides is 1. The predicted molar refractivity (Wildman–Crippen MR) is 84.3 cm³/mol. The summed E-state index contributed by atoms with van der Waals surface area (Å²) in [5, 5.41) is 17.8. The second-order valence-electron chi connectivity index (χ2n) is 5.07. The molecule has 0 saturated carbocycles. The Morgan fingerprint density at radius 1 is 1.30 bits per heavy atom. The van der Waals surface area contributed by atoms with E-state index < -0.39 is 0 Å². The molecule has 1 amide bonds. The molecule has 114 valence electrons. The molecule has 0 spiro atoms. The first-order chi connectivity index (χ1) is 11.1. The summed E-state index contributed by atoms with van der Waals surface area (Å²) in [4.78, 5) is 16.3. The zero-order valence-electron chi connectivity index (χ0n) is 12.7. The van der Waals surface area contributed by atoms with Crippen molar-refractivity contribution in [3.63, 3.8) is 0 Å². The molecule has 2 heterocycles. The van der Waals surface area contributed by atoms with Crippen LogP contribution >= 0.6 is 0 Å². The molecule has 0 radical (unpaired) electrons. The van der Waals surface area contributed by atoms with Crippen LogP contribution in [-0.4, -0.2) is 25.7 Å². The van der Waals surface area contributed by atoms with E-state index >= 15 is 0 Å². The molecule has 23 heavy (non-hydrogen) atoms. The van der Waals surface area contributed by atoms with Crippen molar-refractivity contribution in [1.29, 1.82) is 5.26 Å². The second kappa shape index (κ2) is 5.77. The van der Waals surface area contributed by atoms with Crippen LogP contribution in [0, 0.1) is 25.2 Å². The van der Waals surface area contributed by atoms with Crippen molar-refractivity contribution in [2.75, 3.05) is 5.32 Å². The lowest BCUT2D eigenvalue weighted by atomic mass is 10.2. The van der Waals surface area contributed by atoms with E-state index in [-0.39, 0.29) is 5.91 Å². The number of hydrogen-bond acceptors (Lipinski definition) is 4. The molecule has 0 aliphatic heterocycles. The molecule has 0 saturated heterocycles. The highest BCUT2D eigenvalue weighted by atomic mass is 16.1. The maximum absolute atomic E-state index is 12.4. The highest BCUT2D eigenvalue weighted by molar-refractivity contribution is 6.04. The lowest BCUT2D eigenvalue weighted by Gasteiger charge is -2.10. The molecule has 3 rings (SSSR count). The Morgan fingerprint density at radius 3 is 2.65 bits per heavy atom. The Hall–Kier alpha value is -3.40. The zero-order valence-corrected chi connectivity index (χ0v) is 12.7. The van der Waals surface area contributed by atoms with E-state index in [1.54, 1.807) is 12.1 Å². The number of anilines is 1. The third kappa shape index (κ3) is 2.70. The van der Waals surface area contributed by atoms with Crippen LogP contribution in [0.5, 0.6) is 0 Å². The summed E-state index contributed by atoms with van der Waals surface area (Å²) < 4.78 is 1.97. The Bertz CT molecular complexity index is 884. The van der Waals surface area contributed by atoms with Gasteiger partial charge in [0.1, 0.15) is 6.33 Å². The lowest BCUT2D eigenvalue weighted by molar-refractivity contribution is 0.102. The molecule has 2 N–H and O–H groups in total. The van der Waals surface area contributed by atoms with Gasteiger partial charge >= 0.3 is 0 Å². The fraction of sp³-hybridized carbons (Fsp3) is 0.125. The van der Waals surface area contributed by atoms with Gasteiger partial charge in [-0.05, 0) is 44.2 Å². The molecule has 1 aromatic carbocycles. The highest BCUT2D eigenvalue weighted by Gasteiger charge is 2.17. The van der Waals surface area contributed by atoms with Crippen LogP contribution < -0.4 is 5.32 Å². The van der Waals surface area contributed by atoms with Crippen molar-refractivity contribution in [1.82, 2.24) is 19.7 Å². The smallest absolute Gasteiger partial charge is 0.259 e. The van der Waals surface area contributed by atoms with E-state index in [1.807, 2.05) is 36.6 Å². The Balaban J connectivity index is 1.95. The van der Waals surface area contributed by atoms with E-state index in [1.165, 1.54) is 6.33 Å². The van der Waals surface area contributed by atoms with Crippen molar-refractivity contribution < 1.29 is 4.79 Å². The first-order valence-electron chi connectivity index (χ1n) is 6.96. The molecule has 0 unspecified atom stereocenters. The second-order valence-corrected chi connectivity index (χ2v) is 5.07. The van der Waals surface area contributed by atoms with E-state index in [9.17, 15) is 4.79 Å². The fourth-order valence-corrected chi connectivity index (χ4v) is 2.52. The molecule has 0 atom stereocenters. The minimum atomic E-state index is -0.255. The number of rotatable bonds is 3. The van der Waals surface area contributed by atoms with E-state index in [2.05, 4.69) is 26.6 Å². The average molecular weight is 306 g/mol. The van der Waals surface area contributed by atoms with Gasteiger partial charge in [0, 0.05) is 17.1 Å². The standard InChI is InChI=1S/C16H14N6O/c1-10-7-14(15(23)20-16-18-9-19-21-16)11(2)22(10)13-5-3-12(8-17)4-6-13/h3-7,9H,1-2H3,(H2,18,19,20,21,23). The van der Waals surface area contributed by atoms with Gasteiger partial charge in [0.25, 0.3) is 5.91 Å². The van der Waals surface area contributed by atoms with Gasteiger partial charge in [0.05, 0.1) is 17.2 Å². The van der Waals surface area contributed by atoms with Gasteiger partial charge < -0.3 is 4.57 Å². The summed E-state index contributed by atoms with van der Waals surface area (Å²) in [6, 6.07) is 11.1. The van der Waals surface area contributed by atoms with Crippen molar-refractivity contribution in [2.45, 2.75) is 13.8 Å². The van der Waals surface area contributed by atoms with Crippen LogP contribution in [-0.2, 0) is 0 Å². The maximum Gasteiger partial charge on any atom is 0.259 e. The van der Waals surface area contributed by atoms with Crippen LogP contribution in [0.25, 0.3) is 5.69 Å². The lowest BCUT2D eigenvalue weighted by Crippen LogP contribution is -2.14. The predicted octanol–water partition coefficient (Wildman–Crippen LogP) is 2.34. The third-order valence-corrected chi connectivity index (χ3v) is 3.58. The summed E-state index contributed by atoms with van der Waals surface area (Å²) in [7, 11) is 0. The van der Waals surface area contributed by atoms with Crippen LogP contribution in [0.3, 0.4) is 0 Å². The molecule has 0 aliphatic rings. The molecular formula is C16H14N6O. The van der Waals surface area contributed by atoms with Gasteiger partial charge in [-0.3, -0.25) is 10.1 Å². The number of carbonyl (C=O) groups is 1. The summed E-state index contributed by atoms with van der Waals surface area (Å²) in [5.41, 5.74) is 3.79. The zero-order chi connectivity index (χ0) is 16.4. The van der Waals surface area contributed by atoms with Gasteiger partial charge in [0.2, 0.25) is 5.95 Å². The number of aromatic nitrogens is 4. The Morgan fingerprint density at radius 2 is 2.04 bits per heavy atom. The van der Waals surface area contributed by atoms with E-state index in [0.29, 0.717) is 17.1 Å². The van der Waals surface area contributed by atoms with Crippen LogP contribution in [0.15, 0.2) is 36.7 Å². The van der Waals surface area contributed by atoms with E-state index in [0.717, 1.165) is 17.1 Å². The van der Waals surface area contributed by atoms with Crippen LogP contribution in [0.4, 0.5) is 5.95 Å². The number of aromatic amines is 1. The van der Waals surface area contributed by atoms with Gasteiger partial charge in [0.15, 0.2) is 0 Å².